The van der Waals surface area contributed by atoms with E-state index >= 15 is 0 Å². The third-order valence-electron chi connectivity index (χ3n) is 5.85. The Labute approximate surface area is 191 Å². The van der Waals surface area contributed by atoms with Crippen LogP contribution in [0.3, 0.4) is 0 Å². The average Bonchev–Trinajstić information content (AvgIpc) is 3.26. The van der Waals surface area contributed by atoms with E-state index in [4.69, 9.17) is 9.72 Å². The Morgan fingerprint density at radius 2 is 1.94 bits per heavy atom. The number of carboxylic acid groups (broad SMARTS) is 1. The maximum absolute atomic E-state index is 12.8. The largest absolute Gasteiger partial charge is 0.478 e. The van der Waals surface area contributed by atoms with Crippen molar-refractivity contribution in [2.24, 2.45) is 0 Å². The standard InChI is InChI=1S/C23H28N6O4/c1-3-19-17(12-25-22(30)14-9-15(23(31)32)11-24-10-14)20(27-16-5-7-33-8-6-16)18-13-26-29(4-2)21(18)28-19/h9-11,13,16H,3-8,12H2,1-2H3,(H,25,30)(H,27,28)(H,31,32). The number of anilines is 1. The number of hydrogen-bond acceptors (Lipinski definition) is 7. The van der Waals surface area contributed by atoms with E-state index in [2.05, 4.69) is 20.7 Å². The molecule has 3 aromatic heterocycles. The van der Waals surface area contributed by atoms with Crippen molar-refractivity contribution >= 4 is 28.6 Å². The zero-order valence-electron chi connectivity index (χ0n) is 18.8. The first-order valence-electron chi connectivity index (χ1n) is 11.2. The number of aryl methyl sites for hydroxylation is 2. The van der Waals surface area contributed by atoms with Gasteiger partial charge in [0.25, 0.3) is 5.91 Å². The number of carbonyl (C=O) groups excluding carboxylic acids is 1. The van der Waals surface area contributed by atoms with Crippen LogP contribution in [-0.4, -0.2) is 56.0 Å². The van der Waals surface area contributed by atoms with Gasteiger partial charge in [0.2, 0.25) is 0 Å². The molecule has 1 aliphatic rings. The number of amides is 1. The number of fused-ring (bicyclic) bond motifs is 1. The van der Waals surface area contributed by atoms with Gasteiger partial charge in [-0.05, 0) is 32.3 Å². The van der Waals surface area contributed by atoms with Gasteiger partial charge in [-0.25, -0.2) is 14.5 Å². The van der Waals surface area contributed by atoms with Crippen LogP contribution in [0.2, 0.25) is 0 Å². The van der Waals surface area contributed by atoms with Crippen LogP contribution in [0, 0.1) is 0 Å². The van der Waals surface area contributed by atoms with Crippen molar-refractivity contribution in [2.45, 2.75) is 52.2 Å². The van der Waals surface area contributed by atoms with E-state index in [0.29, 0.717) is 26.2 Å². The molecule has 0 spiro atoms. The minimum absolute atomic E-state index is 0.0335. The highest BCUT2D eigenvalue weighted by atomic mass is 16.5. The Morgan fingerprint density at radius 1 is 1.18 bits per heavy atom. The number of aromatic nitrogens is 4. The second-order valence-corrected chi connectivity index (χ2v) is 7.94. The predicted octanol–water partition coefficient (Wildman–Crippen LogP) is 2.63. The number of aromatic carboxylic acids is 1. The van der Waals surface area contributed by atoms with E-state index in [1.807, 2.05) is 24.7 Å². The highest BCUT2D eigenvalue weighted by molar-refractivity contribution is 5.97. The van der Waals surface area contributed by atoms with Crippen molar-refractivity contribution in [3.8, 4) is 0 Å². The molecule has 0 aromatic carbocycles. The summed E-state index contributed by atoms with van der Waals surface area (Å²) in [7, 11) is 0. The maximum atomic E-state index is 12.8. The van der Waals surface area contributed by atoms with Crippen molar-refractivity contribution in [3.63, 3.8) is 0 Å². The van der Waals surface area contributed by atoms with Gasteiger partial charge in [0.15, 0.2) is 5.65 Å². The molecule has 1 aliphatic heterocycles. The van der Waals surface area contributed by atoms with E-state index in [0.717, 1.165) is 40.8 Å². The average molecular weight is 453 g/mol. The Hall–Kier alpha value is -3.53. The smallest absolute Gasteiger partial charge is 0.337 e. The molecule has 1 saturated heterocycles. The molecule has 0 atom stereocenters. The lowest BCUT2D eigenvalue weighted by atomic mass is 10.0. The Morgan fingerprint density at radius 3 is 2.64 bits per heavy atom. The molecule has 3 aromatic rings. The van der Waals surface area contributed by atoms with Crippen molar-refractivity contribution < 1.29 is 19.4 Å². The summed E-state index contributed by atoms with van der Waals surface area (Å²) in [5.74, 6) is -1.52. The monoisotopic (exact) mass is 452 g/mol. The van der Waals surface area contributed by atoms with Gasteiger partial charge in [-0.15, -0.1) is 0 Å². The normalized spacial score (nSPS) is 14.4. The second-order valence-electron chi connectivity index (χ2n) is 7.94. The third-order valence-corrected chi connectivity index (χ3v) is 5.85. The molecule has 174 valence electrons. The summed E-state index contributed by atoms with van der Waals surface area (Å²) >= 11 is 0. The second kappa shape index (κ2) is 9.95. The van der Waals surface area contributed by atoms with Gasteiger partial charge in [0.1, 0.15) is 0 Å². The highest BCUT2D eigenvalue weighted by Crippen LogP contribution is 2.31. The summed E-state index contributed by atoms with van der Waals surface area (Å²) in [6, 6.07) is 1.57. The van der Waals surface area contributed by atoms with Crippen molar-refractivity contribution in [1.82, 2.24) is 25.1 Å². The topological polar surface area (TPSA) is 131 Å². The number of hydrogen-bond donors (Lipinski definition) is 3. The molecular weight excluding hydrogens is 424 g/mol. The van der Waals surface area contributed by atoms with Crippen LogP contribution >= 0.6 is 0 Å². The van der Waals surface area contributed by atoms with Gasteiger partial charge < -0.3 is 20.5 Å². The van der Waals surface area contributed by atoms with E-state index in [1.165, 1.54) is 18.5 Å². The SMILES string of the molecule is CCc1nc2c(cnn2CC)c(NC2CCOCC2)c1CNC(=O)c1cncc(C(=O)O)c1. The first kappa shape index (κ1) is 22.7. The molecule has 33 heavy (non-hydrogen) atoms. The number of nitrogens with zero attached hydrogens (tertiary/aromatic N) is 4. The fourth-order valence-corrected chi connectivity index (χ4v) is 4.05. The summed E-state index contributed by atoms with van der Waals surface area (Å²) in [5.41, 5.74) is 3.69. The highest BCUT2D eigenvalue weighted by Gasteiger charge is 2.22. The van der Waals surface area contributed by atoms with Gasteiger partial charge in [-0.2, -0.15) is 5.10 Å². The molecule has 10 nitrogen and oxygen atoms in total. The lowest BCUT2D eigenvalue weighted by molar-refractivity contribution is 0.0696. The summed E-state index contributed by atoms with van der Waals surface area (Å²) < 4.78 is 7.37. The van der Waals surface area contributed by atoms with Crippen LogP contribution < -0.4 is 10.6 Å². The Kier molecular flexibility index (Phi) is 6.83. The summed E-state index contributed by atoms with van der Waals surface area (Å²) in [5, 5.41) is 21.2. The van der Waals surface area contributed by atoms with Crippen LogP contribution in [0.4, 0.5) is 5.69 Å². The molecule has 1 fully saturated rings. The third kappa shape index (κ3) is 4.80. The van der Waals surface area contributed by atoms with Gasteiger partial charge in [0, 0.05) is 56.0 Å². The minimum atomic E-state index is -1.13. The van der Waals surface area contributed by atoms with E-state index in [1.54, 1.807) is 0 Å². The summed E-state index contributed by atoms with van der Waals surface area (Å²) in [6.07, 6.45) is 6.87. The molecule has 4 heterocycles. The summed E-state index contributed by atoms with van der Waals surface area (Å²) in [6.45, 7) is 6.42. The van der Waals surface area contributed by atoms with Gasteiger partial charge >= 0.3 is 5.97 Å². The van der Waals surface area contributed by atoms with Crippen LogP contribution in [0.1, 0.15) is 58.7 Å². The van der Waals surface area contributed by atoms with Crippen molar-refractivity contribution in [3.05, 3.63) is 47.0 Å². The molecule has 4 rings (SSSR count). The van der Waals surface area contributed by atoms with Crippen LogP contribution in [0.15, 0.2) is 24.7 Å². The van der Waals surface area contributed by atoms with Crippen molar-refractivity contribution in [2.75, 3.05) is 18.5 Å². The zero-order valence-corrected chi connectivity index (χ0v) is 18.8. The van der Waals surface area contributed by atoms with Gasteiger partial charge in [-0.1, -0.05) is 6.92 Å². The number of ether oxygens (including phenoxy) is 1. The molecule has 0 aliphatic carbocycles. The van der Waals surface area contributed by atoms with Gasteiger partial charge in [-0.3, -0.25) is 9.78 Å². The molecule has 0 bridgehead atoms. The van der Waals surface area contributed by atoms with Crippen LogP contribution in [0.5, 0.6) is 0 Å². The molecule has 1 amide bonds. The van der Waals surface area contributed by atoms with Gasteiger partial charge in [0.05, 0.1) is 28.4 Å². The van der Waals surface area contributed by atoms with Crippen LogP contribution in [0.25, 0.3) is 11.0 Å². The fourth-order valence-electron chi connectivity index (χ4n) is 4.05. The molecule has 10 heteroatoms. The quantitative estimate of drug-likeness (QED) is 0.475. The van der Waals surface area contributed by atoms with E-state index in [-0.39, 0.29) is 23.7 Å². The molecule has 0 radical (unpaired) electrons. The fraction of sp³-hybridized carbons (Fsp3) is 0.435. The number of pyridine rings is 2. The van der Waals surface area contributed by atoms with Crippen LogP contribution in [-0.2, 0) is 24.2 Å². The number of carbonyl (C=O) groups is 2. The Balaban J connectivity index is 1.67. The lowest BCUT2D eigenvalue weighted by Gasteiger charge is -2.26. The molecule has 0 unspecified atom stereocenters. The Bertz CT molecular complexity index is 1170. The molecule has 0 saturated carbocycles. The van der Waals surface area contributed by atoms with E-state index in [9.17, 15) is 14.7 Å². The predicted molar refractivity (Wildman–Crippen MR) is 122 cm³/mol. The lowest BCUT2D eigenvalue weighted by Crippen LogP contribution is -2.30. The molecule has 3 N–H and O–H groups in total. The first-order valence-corrected chi connectivity index (χ1v) is 11.2. The van der Waals surface area contributed by atoms with E-state index < -0.39 is 11.9 Å². The molecular formula is C23H28N6O4. The number of carboxylic acids is 1. The van der Waals surface area contributed by atoms with Crippen molar-refractivity contribution in [1.29, 1.82) is 0 Å². The number of rotatable bonds is 8. The summed E-state index contributed by atoms with van der Waals surface area (Å²) in [4.78, 5) is 32.7. The zero-order chi connectivity index (χ0) is 23.4. The first-order chi connectivity index (χ1) is 16.0. The minimum Gasteiger partial charge on any atom is -0.478 e. The maximum Gasteiger partial charge on any atom is 0.337 e. The number of nitrogens with one attached hydrogen (secondary N) is 2.